The van der Waals surface area contributed by atoms with Gasteiger partial charge in [-0.05, 0) is 63.4 Å². The monoisotopic (exact) mass is 404 g/mol. The molecule has 4 rings (SSSR count). The van der Waals surface area contributed by atoms with Gasteiger partial charge in [0.1, 0.15) is 0 Å². The van der Waals surface area contributed by atoms with E-state index in [1.54, 1.807) is 0 Å². The normalized spacial score (nSPS) is 12.4. The second kappa shape index (κ2) is 7.52. The van der Waals surface area contributed by atoms with Crippen LogP contribution in [0.4, 0.5) is 5.69 Å². The third kappa shape index (κ3) is 3.60. The number of carbonyl (C=O) groups is 1. The van der Waals surface area contributed by atoms with Crippen molar-refractivity contribution in [2.24, 2.45) is 0 Å². The second-order valence-electron chi connectivity index (χ2n) is 7.54. The summed E-state index contributed by atoms with van der Waals surface area (Å²) in [7, 11) is 0. The molecular formula is C23H24N4OS. The fourth-order valence-corrected chi connectivity index (χ4v) is 4.63. The van der Waals surface area contributed by atoms with E-state index in [0.29, 0.717) is 0 Å². The van der Waals surface area contributed by atoms with Gasteiger partial charge in [-0.2, -0.15) is 0 Å². The molecule has 1 atom stereocenters. The lowest BCUT2D eigenvalue weighted by molar-refractivity contribution is -0.115. The Kier molecular flexibility index (Phi) is 5.04. The number of amides is 1. The minimum atomic E-state index is -0.317. The highest BCUT2D eigenvalue weighted by atomic mass is 32.2. The molecular weight excluding hydrogens is 380 g/mol. The topological polar surface area (TPSA) is 59.3 Å². The first kappa shape index (κ1) is 19.5. The van der Waals surface area contributed by atoms with Crippen LogP contribution in [0.5, 0.6) is 0 Å². The third-order valence-corrected chi connectivity index (χ3v) is 6.19. The number of carbonyl (C=O) groups excluding carboxylic acids is 1. The molecule has 0 aliphatic carbocycles. The molecule has 2 heterocycles. The molecule has 0 radical (unpaired) electrons. The third-order valence-electron chi connectivity index (χ3n) is 5.15. The standard InChI is InChI=1S/C23H24N4OS/c1-13-10-15(3)21(16(4)11-13)24-22(28)17(5)29-23-26-25-20-12-14(2)18-8-6-7-9-19(18)27(20)23/h6-12,17H,1-5H3,(H,24,28). The summed E-state index contributed by atoms with van der Waals surface area (Å²) >= 11 is 1.42. The molecule has 1 amide bonds. The lowest BCUT2D eigenvalue weighted by atomic mass is 10.1. The molecule has 1 unspecified atom stereocenters. The summed E-state index contributed by atoms with van der Waals surface area (Å²) in [4.78, 5) is 12.9. The van der Waals surface area contributed by atoms with Gasteiger partial charge in [0.25, 0.3) is 0 Å². The fourth-order valence-electron chi connectivity index (χ4n) is 3.76. The van der Waals surface area contributed by atoms with Crippen LogP contribution in [0.2, 0.25) is 0 Å². The van der Waals surface area contributed by atoms with Crippen molar-refractivity contribution in [3.05, 3.63) is 64.7 Å². The molecule has 0 saturated carbocycles. The Bertz CT molecular complexity index is 1220. The summed E-state index contributed by atoms with van der Waals surface area (Å²) in [6.07, 6.45) is 0. The van der Waals surface area contributed by atoms with Crippen LogP contribution in [-0.4, -0.2) is 25.8 Å². The average Bonchev–Trinajstić information content (AvgIpc) is 3.07. The number of hydrogen-bond donors (Lipinski definition) is 1. The Labute approximate surface area is 174 Å². The zero-order valence-electron chi connectivity index (χ0n) is 17.3. The average molecular weight is 405 g/mol. The Morgan fingerprint density at radius 3 is 2.41 bits per heavy atom. The summed E-state index contributed by atoms with van der Waals surface area (Å²) < 4.78 is 2.03. The van der Waals surface area contributed by atoms with Gasteiger partial charge in [0.05, 0.1) is 10.8 Å². The van der Waals surface area contributed by atoms with E-state index in [4.69, 9.17) is 0 Å². The number of hydrogen-bond acceptors (Lipinski definition) is 4. The van der Waals surface area contributed by atoms with Crippen molar-refractivity contribution in [3.63, 3.8) is 0 Å². The highest BCUT2D eigenvalue weighted by Crippen LogP contribution is 2.29. The van der Waals surface area contributed by atoms with Crippen molar-refractivity contribution < 1.29 is 4.79 Å². The van der Waals surface area contributed by atoms with E-state index in [0.717, 1.165) is 44.1 Å². The molecule has 0 fully saturated rings. The van der Waals surface area contributed by atoms with Gasteiger partial charge < -0.3 is 5.32 Å². The number of pyridine rings is 1. The Balaban J connectivity index is 1.64. The van der Waals surface area contributed by atoms with Gasteiger partial charge in [-0.15, -0.1) is 10.2 Å². The van der Waals surface area contributed by atoms with E-state index in [-0.39, 0.29) is 11.2 Å². The molecule has 0 bridgehead atoms. The van der Waals surface area contributed by atoms with E-state index in [2.05, 4.69) is 53.6 Å². The summed E-state index contributed by atoms with van der Waals surface area (Å²) in [5.74, 6) is -0.0433. The maximum Gasteiger partial charge on any atom is 0.237 e. The molecule has 0 aliphatic heterocycles. The Hall–Kier alpha value is -2.86. The van der Waals surface area contributed by atoms with Gasteiger partial charge >= 0.3 is 0 Å². The van der Waals surface area contributed by atoms with Gasteiger partial charge in [-0.25, -0.2) is 0 Å². The number of anilines is 1. The molecule has 6 heteroatoms. The highest BCUT2D eigenvalue weighted by Gasteiger charge is 2.20. The molecule has 0 saturated heterocycles. The molecule has 148 valence electrons. The van der Waals surface area contributed by atoms with Crippen molar-refractivity contribution in [1.29, 1.82) is 0 Å². The number of thioether (sulfide) groups is 1. The van der Waals surface area contributed by atoms with E-state index in [9.17, 15) is 4.79 Å². The Morgan fingerprint density at radius 1 is 1.00 bits per heavy atom. The van der Waals surface area contributed by atoms with E-state index < -0.39 is 0 Å². The van der Waals surface area contributed by atoms with Crippen molar-refractivity contribution in [2.75, 3.05) is 5.32 Å². The molecule has 4 aromatic rings. The van der Waals surface area contributed by atoms with Crippen LogP contribution in [0.15, 0.2) is 47.6 Å². The number of aryl methyl sites for hydroxylation is 4. The van der Waals surface area contributed by atoms with Crippen LogP contribution in [0.3, 0.4) is 0 Å². The fraction of sp³-hybridized carbons (Fsp3) is 0.261. The van der Waals surface area contributed by atoms with Crippen molar-refractivity contribution >= 4 is 39.9 Å². The minimum Gasteiger partial charge on any atom is -0.325 e. The number of para-hydroxylation sites is 1. The van der Waals surface area contributed by atoms with Crippen LogP contribution >= 0.6 is 11.8 Å². The smallest absolute Gasteiger partial charge is 0.237 e. The number of aromatic nitrogens is 3. The van der Waals surface area contributed by atoms with Gasteiger partial charge in [-0.3, -0.25) is 9.20 Å². The largest absolute Gasteiger partial charge is 0.325 e. The molecule has 0 aliphatic rings. The maximum absolute atomic E-state index is 12.9. The first-order valence-corrected chi connectivity index (χ1v) is 10.5. The Morgan fingerprint density at radius 2 is 1.69 bits per heavy atom. The highest BCUT2D eigenvalue weighted by molar-refractivity contribution is 8.00. The molecule has 5 nitrogen and oxygen atoms in total. The number of fused-ring (bicyclic) bond motifs is 3. The van der Waals surface area contributed by atoms with E-state index in [1.165, 1.54) is 17.3 Å². The quantitative estimate of drug-likeness (QED) is 0.473. The van der Waals surface area contributed by atoms with Gasteiger partial charge in [0, 0.05) is 11.1 Å². The first-order valence-electron chi connectivity index (χ1n) is 9.64. The predicted octanol–water partition coefficient (Wildman–Crippen LogP) is 5.24. The van der Waals surface area contributed by atoms with Crippen LogP contribution in [0, 0.1) is 27.7 Å². The van der Waals surface area contributed by atoms with Crippen molar-refractivity contribution in [1.82, 2.24) is 14.6 Å². The van der Waals surface area contributed by atoms with Crippen LogP contribution in [0.25, 0.3) is 16.6 Å². The molecule has 1 N–H and O–H groups in total. The van der Waals surface area contributed by atoms with Gasteiger partial charge in [0.15, 0.2) is 10.8 Å². The molecule has 29 heavy (non-hydrogen) atoms. The summed E-state index contributed by atoms with van der Waals surface area (Å²) in [5, 5.41) is 13.3. The predicted molar refractivity (Wildman–Crippen MR) is 120 cm³/mol. The first-order chi connectivity index (χ1) is 13.8. The van der Waals surface area contributed by atoms with Crippen molar-refractivity contribution in [3.8, 4) is 0 Å². The molecule has 2 aromatic carbocycles. The second-order valence-corrected chi connectivity index (χ2v) is 8.85. The number of benzene rings is 2. The van der Waals surface area contributed by atoms with Gasteiger partial charge in [0.2, 0.25) is 5.91 Å². The number of rotatable bonds is 4. The molecule has 0 spiro atoms. The SMILES string of the molecule is Cc1cc(C)c(NC(=O)C(C)Sc2nnc3cc(C)c4ccccc4n23)c(C)c1. The zero-order valence-corrected chi connectivity index (χ0v) is 18.1. The summed E-state index contributed by atoms with van der Waals surface area (Å²) in [6, 6.07) is 14.4. The minimum absolute atomic E-state index is 0.0433. The van der Waals surface area contributed by atoms with Crippen molar-refractivity contribution in [2.45, 2.75) is 45.0 Å². The summed E-state index contributed by atoms with van der Waals surface area (Å²) in [6.45, 7) is 10.1. The number of nitrogens with one attached hydrogen (secondary N) is 1. The number of nitrogens with zero attached hydrogens (tertiary/aromatic N) is 3. The zero-order chi connectivity index (χ0) is 20.7. The van der Waals surface area contributed by atoms with E-state index in [1.807, 2.05) is 43.4 Å². The lowest BCUT2D eigenvalue weighted by Crippen LogP contribution is -2.23. The van der Waals surface area contributed by atoms with Gasteiger partial charge in [-0.1, -0.05) is 47.7 Å². The van der Waals surface area contributed by atoms with Crippen LogP contribution in [0.1, 0.15) is 29.2 Å². The van der Waals surface area contributed by atoms with Crippen LogP contribution in [-0.2, 0) is 4.79 Å². The van der Waals surface area contributed by atoms with E-state index >= 15 is 0 Å². The lowest BCUT2D eigenvalue weighted by Gasteiger charge is -2.16. The molecule has 2 aromatic heterocycles. The summed E-state index contributed by atoms with van der Waals surface area (Å²) in [5.41, 5.74) is 7.23. The maximum atomic E-state index is 12.9. The van der Waals surface area contributed by atoms with Crippen LogP contribution < -0.4 is 5.32 Å².